The zero-order chi connectivity index (χ0) is 14.4. The molecule has 0 bridgehead atoms. The smallest absolute Gasteiger partial charge is 0.119 e. The molecule has 1 saturated carbocycles. The van der Waals surface area contributed by atoms with Crippen LogP contribution in [0.4, 0.5) is 0 Å². The maximum absolute atomic E-state index is 10.3. The zero-order valence-electron chi connectivity index (χ0n) is 12.7. The SMILES string of the molecule is CCCOc1ccc(C(O)CN(CC)CC2CC2)cc1. The summed E-state index contributed by atoms with van der Waals surface area (Å²) in [6.45, 7) is 7.86. The lowest BCUT2D eigenvalue weighted by atomic mass is 10.1. The van der Waals surface area contributed by atoms with Gasteiger partial charge in [-0.05, 0) is 49.4 Å². The van der Waals surface area contributed by atoms with E-state index in [1.165, 1.54) is 12.8 Å². The maximum atomic E-state index is 10.3. The molecule has 112 valence electrons. The van der Waals surface area contributed by atoms with Crippen molar-refractivity contribution in [2.24, 2.45) is 5.92 Å². The Morgan fingerprint density at radius 3 is 2.50 bits per heavy atom. The molecule has 1 aromatic rings. The molecule has 0 aliphatic heterocycles. The molecule has 2 rings (SSSR count). The van der Waals surface area contributed by atoms with Crippen LogP contribution in [0.2, 0.25) is 0 Å². The van der Waals surface area contributed by atoms with Crippen molar-refractivity contribution in [3.8, 4) is 5.75 Å². The Kier molecular flexibility index (Phi) is 5.86. The standard InChI is InChI=1S/C17H27NO2/c1-3-11-20-16-9-7-15(8-10-16)17(19)13-18(4-2)12-14-5-6-14/h7-10,14,17,19H,3-6,11-13H2,1-2H3. The molecule has 1 aliphatic carbocycles. The second kappa shape index (κ2) is 7.65. The third-order valence-corrected chi connectivity index (χ3v) is 3.83. The first-order chi connectivity index (χ1) is 9.72. The molecular formula is C17H27NO2. The van der Waals surface area contributed by atoms with Crippen LogP contribution in [0.5, 0.6) is 5.75 Å². The number of benzene rings is 1. The Morgan fingerprint density at radius 1 is 1.25 bits per heavy atom. The van der Waals surface area contributed by atoms with Crippen LogP contribution in [-0.2, 0) is 0 Å². The van der Waals surface area contributed by atoms with E-state index in [0.29, 0.717) is 0 Å². The Hall–Kier alpha value is -1.06. The first-order valence-corrected chi connectivity index (χ1v) is 7.86. The normalized spacial score (nSPS) is 16.4. The highest BCUT2D eigenvalue weighted by atomic mass is 16.5. The van der Waals surface area contributed by atoms with Crippen LogP contribution in [0, 0.1) is 5.92 Å². The number of ether oxygens (including phenoxy) is 1. The van der Waals surface area contributed by atoms with Gasteiger partial charge in [0.1, 0.15) is 5.75 Å². The van der Waals surface area contributed by atoms with Crippen molar-refractivity contribution >= 4 is 0 Å². The van der Waals surface area contributed by atoms with Crippen molar-refractivity contribution in [1.82, 2.24) is 4.90 Å². The zero-order valence-corrected chi connectivity index (χ0v) is 12.7. The molecule has 1 N–H and O–H groups in total. The van der Waals surface area contributed by atoms with Crippen molar-refractivity contribution in [2.75, 3.05) is 26.2 Å². The van der Waals surface area contributed by atoms with Gasteiger partial charge in [0, 0.05) is 13.1 Å². The van der Waals surface area contributed by atoms with Crippen LogP contribution in [0.1, 0.15) is 44.8 Å². The van der Waals surface area contributed by atoms with Gasteiger partial charge in [0.15, 0.2) is 0 Å². The first-order valence-electron chi connectivity index (χ1n) is 7.86. The maximum Gasteiger partial charge on any atom is 0.119 e. The minimum absolute atomic E-state index is 0.408. The van der Waals surface area contributed by atoms with E-state index in [1.54, 1.807) is 0 Å². The monoisotopic (exact) mass is 277 g/mol. The Morgan fingerprint density at radius 2 is 1.95 bits per heavy atom. The fourth-order valence-electron chi connectivity index (χ4n) is 2.35. The van der Waals surface area contributed by atoms with Gasteiger partial charge >= 0.3 is 0 Å². The van der Waals surface area contributed by atoms with E-state index in [4.69, 9.17) is 4.74 Å². The van der Waals surface area contributed by atoms with E-state index in [1.807, 2.05) is 24.3 Å². The van der Waals surface area contributed by atoms with Crippen LogP contribution in [0.3, 0.4) is 0 Å². The molecule has 1 unspecified atom stereocenters. The molecule has 0 spiro atoms. The number of hydrogen-bond donors (Lipinski definition) is 1. The molecular weight excluding hydrogens is 250 g/mol. The third kappa shape index (κ3) is 4.80. The predicted molar refractivity (Wildman–Crippen MR) is 82.0 cm³/mol. The van der Waals surface area contributed by atoms with Crippen molar-refractivity contribution < 1.29 is 9.84 Å². The molecule has 1 atom stereocenters. The molecule has 3 heteroatoms. The second-order valence-electron chi connectivity index (χ2n) is 5.73. The lowest BCUT2D eigenvalue weighted by Crippen LogP contribution is -2.30. The summed E-state index contributed by atoms with van der Waals surface area (Å²) in [6, 6.07) is 7.85. The van der Waals surface area contributed by atoms with E-state index >= 15 is 0 Å². The van der Waals surface area contributed by atoms with Gasteiger partial charge < -0.3 is 14.7 Å². The lowest BCUT2D eigenvalue weighted by Gasteiger charge is -2.23. The van der Waals surface area contributed by atoms with E-state index < -0.39 is 6.10 Å². The Bertz CT molecular complexity index is 386. The highest BCUT2D eigenvalue weighted by Gasteiger charge is 2.24. The summed E-state index contributed by atoms with van der Waals surface area (Å²) in [4.78, 5) is 2.35. The highest BCUT2D eigenvalue weighted by molar-refractivity contribution is 5.28. The Balaban J connectivity index is 1.85. The molecule has 0 radical (unpaired) electrons. The summed E-state index contributed by atoms with van der Waals surface area (Å²) in [5.41, 5.74) is 0.975. The second-order valence-corrected chi connectivity index (χ2v) is 5.73. The molecule has 3 nitrogen and oxygen atoms in total. The van der Waals surface area contributed by atoms with E-state index in [0.717, 1.165) is 49.9 Å². The van der Waals surface area contributed by atoms with E-state index in [-0.39, 0.29) is 0 Å². The number of likely N-dealkylation sites (N-methyl/N-ethyl adjacent to an activating group) is 1. The van der Waals surface area contributed by atoms with Gasteiger partial charge in [-0.25, -0.2) is 0 Å². The first kappa shape index (κ1) is 15.3. The highest BCUT2D eigenvalue weighted by Crippen LogP contribution is 2.30. The summed E-state index contributed by atoms with van der Waals surface area (Å²) < 4.78 is 5.56. The third-order valence-electron chi connectivity index (χ3n) is 3.83. The van der Waals surface area contributed by atoms with Gasteiger partial charge in [-0.15, -0.1) is 0 Å². The quantitative estimate of drug-likeness (QED) is 0.752. The summed E-state index contributed by atoms with van der Waals surface area (Å²) in [6.07, 6.45) is 3.32. The summed E-state index contributed by atoms with van der Waals surface area (Å²) in [7, 11) is 0. The average Bonchev–Trinajstić information content (AvgIpc) is 3.28. The molecule has 1 aromatic carbocycles. The van der Waals surface area contributed by atoms with Crippen LogP contribution >= 0.6 is 0 Å². The average molecular weight is 277 g/mol. The van der Waals surface area contributed by atoms with E-state index in [9.17, 15) is 5.11 Å². The molecule has 1 fully saturated rings. The number of nitrogens with zero attached hydrogens (tertiary/aromatic N) is 1. The number of rotatable bonds is 9. The van der Waals surface area contributed by atoms with Crippen molar-refractivity contribution in [3.05, 3.63) is 29.8 Å². The predicted octanol–water partition coefficient (Wildman–Crippen LogP) is 3.24. The fraction of sp³-hybridized carbons (Fsp3) is 0.647. The van der Waals surface area contributed by atoms with E-state index in [2.05, 4.69) is 18.7 Å². The lowest BCUT2D eigenvalue weighted by molar-refractivity contribution is 0.113. The largest absolute Gasteiger partial charge is 0.494 e. The number of aliphatic hydroxyl groups is 1. The van der Waals surface area contributed by atoms with Gasteiger partial charge in [0.05, 0.1) is 12.7 Å². The van der Waals surface area contributed by atoms with Crippen LogP contribution < -0.4 is 4.74 Å². The molecule has 0 aromatic heterocycles. The van der Waals surface area contributed by atoms with Gasteiger partial charge in [-0.2, -0.15) is 0 Å². The van der Waals surface area contributed by atoms with Crippen LogP contribution in [0.15, 0.2) is 24.3 Å². The van der Waals surface area contributed by atoms with Gasteiger partial charge in [0.25, 0.3) is 0 Å². The van der Waals surface area contributed by atoms with Gasteiger partial charge in [-0.3, -0.25) is 0 Å². The van der Waals surface area contributed by atoms with Crippen molar-refractivity contribution in [2.45, 2.75) is 39.2 Å². The summed E-state index contributed by atoms with van der Waals surface area (Å²) in [5, 5.41) is 10.3. The summed E-state index contributed by atoms with van der Waals surface area (Å²) in [5.74, 6) is 1.75. The number of aliphatic hydroxyl groups excluding tert-OH is 1. The molecule has 1 aliphatic rings. The minimum Gasteiger partial charge on any atom is -0.494 e. The number of hydrogen-bond acceptors (Lipinski definition) is 3. The topological polar surface area (TPSA) is 32.7 Å². The fourth-order valence-corrected chi connectivity index (χ4v) is 2.35. The molecule has 0 heterocycles. The van der Waals surface area contributed by atoms with Crippen LogP contribution in [-0.4, -0.2) is 36.2 Å². The molecule has 0 saturated heterocycles. The van der Waals surface area contributed by atoms with Crippen molar-refractivity contribution in [1.29, 1.82) is 0 Å². The molecule has 20 heavy (non-hydrogen) atoms. The van der Waals surface area contributed by atoms with Gasteiger partial charge in [-0.1, -0.05) is 26.0 Å². The van der Waals surface area contributed by atoms with Crippen LogP contribution in [0.25, 0.3) is 0 Å². The van der Waals surface area contributed by atoms with Gasteiger partial charge in [0.2, 0.25) is 0 Å². The van der Waals surface area contributed by atoms with Crippen molar-refractivity contribution in [3.63, 3.8) is 0 Å². The minimum atomic E-state index is -0.408. The molecule has 0 amide bonds. The summed E-state index contributed by atoms with van der Waals surface area (Å²) >= 11 is 0. The Labute approximate surface area is 122 Å².